The van der Waals surface area contributed by atoms with E-state index >= 15 is 0 Å². The maximum atomic E-state index is 12.5. The van der Waals surface area contributed by atoms with E-state index in [-0.39, 0.29) is 17.7 Å². The summed E-state index contributed by atoms with van der Waals surface area (Å²) in [5.74, 6) is 1.22. The molecule has 1 aliphatic carbocycles. The number of rotatable bonds is 6. The van der Waals surface area contributed by atoms with Gasteiger partial charge in [0.25, 0.3) is 0 Å². The van der Waals surface area contributed by atoms with Gasteiger partial charge < -0.3 is 15.1 Å². The van der Waals surface area contributed by atoms with E-state index in [0.717, 1.165) is 42.7 Å². The number of hydrogen-bond donors (Lipinski definition) is 2. The van der Waals surface area contributed by atoms with Gasteiger partial charge in [-0.3, -0.25) is 9.59 Å². The van der Waals surface area contributed by atoms with Gasteiger partial charge in [0.2, 0.25) is 11.8 Å². The minimum atomic E-state index is -0.136. The molecule has 5 nitrogen and oxygen atoms in total. The van der Waals surface area contributed by atoms with Crippen LogP contribution < -0.4 is 10.6 Å². The third-order valence-corrected chi connectivity index (χ3v) is 4.93. The predicted octanol–water partition coefficient (Wildman–Crippen LogP) is 3.99. The van der Waals surface area contributed by atoms with Crippen LogP contribution in [0.3, 0.4) is 0 Å². The van der Waals surface area contributed by atoms with Crippen LogP contribution in [0, 0.1) is 11.8 Å². The molecule has 1 aromatic heterocycles. The molecule has 2 amide bonds. The highest BCUT2D eigenvalue weighted by Gasteiger charge is 2.26. The summed E-state index contributed by atoms with van der Waals surface area (Å²) in [7, 11) is 0. The molecule has 0 radical (unpaired) electrons. The summed E-state index contributed by atoms with van der Waals surface area (Å²) >= 11 is 0. The number of amides is 2. The summed E-state index contributed by atoms with van der Waals surface area (Å²) in [6.07, 6.45) is 6.54. The number of carbonyl (C=O) groups excluding carboxylic acids is 2. The molecule has 136 valence electrons. The second-order valence-electron chi connectivity index (χ2n) is 6.71. The van der Waals surface area contributed by atoms with Crippen molar-refractivity contribution < 1.29 is 14.0 Å². The third kappa shape index (κ3) is 4.63. The van der Waals surface area contributed by atoms with E-state index in [4.69, 9.17) is 4.42 Å². The molecule has 1 aromatic carbocycles. The molecule has 5 heteroatoms. The van der Waals surface area contributed by atoms with E-state index < -0.39 is 0 Å². The van der Waals surface area contributed by atoms with Gasteiger partial charge >= 0.3 is 0 Å². The Kier molecular flexibility index (Phi) is 5.89. The first-order chi connectivity index (χ1) is 12.7. The van der Waals surface area contributed by atoms with Gasteiger partial charge in [-0.05, 0) is 74.1 Å². The van der Waals surface area contributed by atoms with Crippen LogP contribution >= 0.6 is 0 Å². The molecule has 0 saturated heterocycles. The maximum absolute atomic E-state index is 12.5. The molecular weight excluding hydrogens is 328 g/mol. The van der Waals surface area contributed by atoms with Gasteiger partial charge in [-0.1, -0.05) is 6.58 Å². The maximum Gasteiger partial charge on any atom is 0.243 e. The van der Waals surface area contributed by atoms with E-state index in [2.05, 4.69) is 17.2 Å². The Hall–Kier alpha value is -2.82. The van der Waals surface area contributed by atoms with Gasteiger partial charge in [0.05, 0.1) is 6.26 Å². The van der Waals surface area contributed by atoms with E-state index in [0.29, 0.717) is 12.5 Å². The number of anilines is 1. The SMILES string of the molecule is C=CC(=O)NCC1CCC(C(=O)Nc2ccc(-c3ccco3)cc2)CC1. The standard InChI is InChI=1S/C21H24N2O3/c1-2-20(24)22-14-15-5-7-17(8-6-15)21(25)23-18-11-9-16(10-12-18)19-4-3-13-26-19/h2-4,9-13,15,17H,1,5-8,14H2,(H,22,24)(H,23,25). The lowest BCUT2D eigenvalue weighted by Gasteiger charge is -2.27. The van der Waals surface area contributed by atoms with Crippen molar-refractivity contribution >= 4 is 17.5 Å². The van der Waals surface area contributed by atoms with Crippen LogP contribution in [0.15, 0.2) is 59.7 Å². The lowest BCUT2D eigenvalue weighted by atomic mass is 9.81. The van der Waals surface area contributed by atoms with Crippen molar-refractivity contribution in [1.82, 2.24) is 5.32 Å². The van der Waals surface area contributed by atoms with Crippen molar-refractivity contribution in [3.8, 4) is 11.3 Å². The van der Waals surface area contributed by atoms with Gasteiger partial charge in [0.15, 0.2) is 0 Å². The van der Waals surface area contributed by atoms with Crippen molar-refractivity contribution in [3.63, 3.8) is 0 Å². The second kappa shape index (κ2) is 8.52. The van der Waals surface area contributed by atoms with Gasteiger partial charge in [-0.25, -0.2) is 0 Å². The zero-order valence-corrected chi connectivity index (χ0v) is 14.7. The van der Waals surface area contributed by atoms with Gasteiger partial charge in [0.1, 0.15) is 5.76 Å². The van der Waals surface area contributed by atoms with Crippen LogP contribution in [0.5, 0.6) is 0 Å². The molecule has 1 saturated carbocycles. The number of furan rings is 1. The fraction of sp³-hybridized carbons (Fsp3) is 0.333. The number of benzene rings is 1. The molecule has 2 aromatic rings. The number of hydrogen-bond acceptors (Lipinski definition) is 3. The third-order valence-electron chi connectivity index (χ3n) is 4.93. The van der Waals surface area contributed by atoms with Crippen LogP contribution in [0.1, 0.15) is 25.7 Å². The second-order valence-corrected chi connectivity index (χ2v) is 6.71. The highest BCUT2D eigenvalue weighted by atomic mass is 16.3. The molecule has 0 aliphatic heterocycles. The Balaban J connectivity index is 1.47. The van der Waals surface area contributed by atoms with Crippen LogP contribution in [0.25, 0.3) is 11.3 Å². The lowest BCUT2D eigenvalue weighted by Crippen LogP contribution is -2.33. The highest BCUT2D eigenvalue weighted by molar-refractivity contribution is 5.92. The molecule has 0 spiro atoms. The van der Waals surface area contributed by atoms with Gasteiger partial charge in [0, 0.05) is 23.7 Å². The lowest BCUT2D eigenvalue weighted by molar-refractivity contribution is -0.121. The fourth-order valence-electron chi connectivity index (χ4n) is 3.35. The minimum absolute atomic E-state index is 0.0334. The Morgan fingerprint density at radius 3 is 2.46 bits per heavy atom. The van der Waals surface area contributed by atoms with E-state index in [9.17, 15) is 9.59 Å². The monoisotopic (exact) mass is 352 g/mol. The molecule has 1 aliphatic rings. The first kappa shape index (κ1) is 18.0. The molecular formula is C21H24N2O3. The normalized spacial score (nSPS) is 19.5. The summed E-state index contributed by atoms with van der Waals surface area (Å²) in [4.78, 5) is 23.7. The van der Waals surface area contributed by atoms with E-state index in [1.54, 1.807) is 6.26 Å². The first-order valence-corrected chi connectivity index (χ1v) is 9.01. The quantitative estimate of drug-likeness (QED) is 0.772. The minimum Gasteiger partial charge on any atom is -0.464 e. The Labute approximate surface area is 153 Å². The largest absolute Gasteiger partial charge is 0.464 e. The zero-order chi connectivity index (χ0) is 18.4. The van der Waals surface area contributed by atoms with Crippen molar-refractivity contribution in [2.24, 2.45) is 11.8 Å². The number of nitrogens with one attached hydrogen (secondary N) is 2. The molecule has 3 rings (SSSR count). The summed E-state index contributed by atoms with van der Waals surface area (Å²) in [6.45, 7) is 4.11. The molecule has 0 unspecified atom stereocenters. The molecule has 0 bridgehead atoms. The van der Waals surface area contributed by atoms with Crippen molar-refractivity contribution in [3.05, 3.63) is 55.3 Å². The van der Waals surface area contributed by atoms with Crippen molar-refractivity contribution in [2.75, 3.05) is 11.9 Å². The Bertz CT molecular complexity index is 742. The van der Waals surface area contributed by atoms with Crippen LogP contribution in [0.2, 0.25) is 0 Å². The summed E-state index contributed by atoms with van der Waals surface area (Å²) in [5.41, 5.74) is 1.78. The fourth-order valence-corrected chi connectivity index (χ4v) is 3.35. The first-order valence-electron chi connectivity index (χ1n) is 9.01. The topological polar surface area (TPSA) is 71.3 Å². The van der Waals surface area contributed by atoms with Crippen molar-refractivity contribution in [2.45, 2.75) is 25.7 Å². The summed E-state index contributed by atoms with van der Waals surface area (Å²) < 4.78 is 5.37. The van der Waals surface area contributed by atoms with E-state index in [1.807, 2.05) is 36.4 Å². The summed E-state index contributed by atoms with van der Waals surface area (Å²) in [6, 6.07) is 11.4. The van der Waals surface area contributed by atoms with Gasteiger partial charge in [-0.2, -0.15) is 0 Å². The zero-order valence-electron chi connectivity index (χ0n) is 14.7. The molecule has 0 atom stereocenters. The van der Waals surface area contributed by atoms with Crippen LogP contribution in [-0.2, 0) is 9.59 Å². The average Bonchev–Trinajstić information content (AvgIpc) is 3.22. The van der Waals surface area contributed by atoms with Crippen molar-refractivity contribution in [1.29, 1.82) is 0 Å². The summed E-state index contributed by atoms with van der Waals surface area (Å²) in [5, 5.41) is 5.84. The molecule has 2 N–H and O–H groups in total. The van der Waals surface area contributed by atoms with E-state index in [1.165, 1.54) is 6.08 Å². The van der Waals surface area contributed by atoms with Gasteiger partial charge in [-0.15, -0.1) is 0 Å². The molecule has 1 heterocycles. The van der Waals surface area contributed by atoms with Crippen LogP contribution in [-0.4, -0.2) is 18.4 Å². The Morgan fingerprint density at radius 1 is 1.12 bits per heavy atom. The Morgan fingerprint density at radius 2 is 1.85 bits per heavy atom. The number of carbonyl (C=O) groups is 2. The molecule has 26 heavy (non-hydrogen) atoms. The molecule has 1 fully saturated rings. The predicted molar refractivity (Wildman–Crippen MR) is 101 cm³/mol. The highest BCUT2D eigenvalue weighted by Crippen LogP contribution is 2.29. The smallest absolute Gasteiger partial charge is 0.243 e. The average molecular weight is 352 g/mol. The van der Waals surface area contributed by atoms with Crippen LogP contribution in [0.4, 0.5) is 5.69 Å².